The normalized spacial score (nSPS) is 18.4. The molecule has 5 rings (SSSR count). The maximum Gasteiger partial charge on any atom is 0.185 e. The number of nitrogens with zero attached hydrogens (tertiary/aromatic N) is 3. The molecule has 41 heavy (non-hydrogen) atoms. The SMILES string of the molecule is CCCCOC(OCCCC)[C@@H]1CN(c2ccc(C3CCN(c4ccc(F)c5c(C#N)c[nH]c45)CC3)cc2)CCO1. The van der Waals surface area contributed by atoms with Crippen LogP contribution in [0.3, 0.4) is 0 Å². The van der Waals surface area contributed by atoms with E-state index >= 15 is 0 Å². The van der Waals surface area contributed by atoms with Crippen LogP contribution < -0.4 is 9.80 Å². The molecule has 3 aromatic rings. The van der Waals surface area contributed by atoms with Crippen LogP contribution in [0.4, 0.5) is 15.8 Å². The Kier molecular flexibility index (Phi) is 10.2. The molecular formula is C33H43FN4O3. The van der Waals surface area contributed by atoms with E-state index in [9.17, 15) is 9.65 Å². The van der Waals surface area contributed by atoms with Crippen LogP contribution in [-0.4, -0.2) is 63.4 Å². The number of aromatic amines is 1. The molecular weight excluding hydrogens is 519 g/mol. The summed E-state index contributed by atoms with van der Waals surface area (Å²) in [6, 6.07) is 14.4. The van der Waals surface area contributed by atoms with Gasteiger partial charge in [-0.15, -0.1) is 0 Å². The van der Waals surface area contributed by atoms with Gasteiger partial charge in [-0.1, -0.05) is 38.8 Å². The maximum atomic E-state index is 14.4. The lowest BCUT2D eigenvalue weighted by Crippen LogP contribution is -2.49. The number of H-pyrrole nitrogens is 1. The molecule has 1 atom stereocenters. The summed E-state index contributed by atoms with van der Waals surface area (Å²) in [5.74, 6) is 0.127. The third-order valence-corrected chi connectivity index (χ3v) is 8.41. The van der Waals surface area contributed by atoms with E-state index in [-0.39, 0.29) is 18.2 Å². The molecule has 3 heterocycles. The first kappa shape index (κ1) is 29.4. The molecule has 2 saturated heterocycles. The molecule has 0 unspecified atom stereocenters. The summed E-state index contributed by atoms with van der Waals surface area (Å²) in [4.78, 5) is 7.81. The Labute approximate surface area is 243 Å². The lowest BCUT2D eigenvalue weighted by molar-refractivity contribution is -0.209. The van der Waals surface area contributed by atoms with Crippen molar-refractivity contribution in [2.24, 2.45) is 0 Å². The molecule has 2 aromatic carbocycles. The second kappa shape index (κ2) is 14.2. The lowest BCUT2D eigenvalue weighted by atomic mass is 9.89. The molecule has 0 aliphatic carbocycles. The van der Waals surface area contributed by atoms with Gasteiger partial charge in [-0.3, -0.25) is 0 Å². The fraction of sp³-hybridized carbons (Fsp3) is 0.545. The first-order valence-corrected chi connectivity index (χ1v) is 15.3. The minimum Gasteiger partial charge on any atom is -0.370 e. The lowest BCUT2D eigenvalue weighted by Gasteiger charge is -2.38. The number of hydrogen-bond donors (Lipinski definition) is 1. The zero-order chi connectivity index (χ0) is 28.6. The third kappa shape index (κ3) is 6.86. The van der Waals surface area contributed by atoms with Crippen LogP contribution in [0.15, 0.2) is 42.6 Å². The average molecular weight is 563 g/mol. The number of unbranched alkanes of at least 4 members (excludes halogenated alkanes) is 2. The molecule has 1 aromatic heterocycles. The van der Waals surface area contributed by atoms with Crippen molar-refractivity contribution in [3.63, 3.8) is 0 Å². The number of anilines is 2. The van der Waals surface area contributed by atoms with Gasteiger partial charge in [0.05, 0.1) is 28.8 Å². The van der Waals surface area contributed by atoms with E-state index < -0.39 is 0 Å². The summed E-state index contributed by atoms with van der Waals surface area (Å²) in [5, 5.41) is 9.75. The molecule has 0 bridgehead atoms. The first-order valence-electron chi connectivity index (χ1n) is 15.3. The Morgan fingerprint density at radius 3 is 2.37 bits per heavy atom. The van der Waals surface area contributed by atoms with Crippen LogP contribution in [0, 0.1) is 17.1 Å². The van der Waals surface area contributed by atoms with Crippen molar-refractivity contribution < 1.29 is 18.6 Å². The van der Waals surface area contributed by atoms with Gasteiger partial charge in [0.25, 0.3) is 0 Å². The van der Waals surface area contributed by atoms with Crippen molar-refractivity contribution in [3.05, 3.63) is 59.5 Å². The number of halogens is 1. The van der Waals surface area contributed by atoms with Gasteiger partial charge in [0, 0.05) is 51.3 Å². The fourth-order valence-corrected chi connectivity index (χ4v) is 5.98. The molecule has 0 saturated carbocycles. The predicted octanol–water partition coefficient (Wildman–Crippen LogP) is 6.73. The van der Waals surface area contributed by atoms with Crippen LogP contribution >= 0.6 is 0 Å². The fourth-order valence-electron chi connectivity index (χ4n) is 5.98. The Hall–Kier alpha value is -3.12. The van der Waals surface area contributed by atoms with Crippen LogP contribution in [0.1, 0.15) is 69.4 Å². The predicted molar refractivity (Wildman–Crippen MR) is 161 cm³/mol. The van der Waals surface area contributed by atoms with Gasteiger partial charge in [-0.25, -0.2) is 4.39 Å². The highest BCUT2D eigenvalue weighted by molar-refractivity contribution is 5.95. The van der Waals surface area contributed by atoms with Gasteiger partial charge in [-0.05, 0) is 61.4 Å². The molecule has 0 spiro atoms. The van der Waals surface area contributed by atoms with E-state index in [4.69, 9.17) is 14.2 Å². The monoisotopic (exact) mass is 562 g/mol. The number of nitrogens with one attached hydrogen (secondary N) is 1. The number of morpholine rings is 1. The van der Waals surface area contributed by atoms with Gasteiger partial charge >= 0.3 is 0 Å². The van der Waals surface area contributed by atoms with E-state index in [2.05, 4.69) is 59.0 Å². The molecule has 0 amide bonds. The van der Waals surface area contributed by atoms with Gasteiger partial charge in [0.15, 0.2) is 6.29 Å². The van der Waals surface area contributed by atoms with Crippen molar-refractivity contribution in [3.8, 4) is 6.07 Å². The number of piperidine rings is 1. The highest BCUT2D eigenvalue weighted by Crippen LogP contribution is 2.36. The topological polar surface area (TPSA) is 73.8 Å². The molecule has 220 valence electrons. The maximum absolute atomic E-state index is 14.4. The van der Waals surface area contributed by atoms with Crippen molar-refractivity contribution in [2.45, 2.75) is 70.7 Å². The van der Waals surface area contributed by atoms with Gasteiger partial charge in [0.2, 0.25) is 0 Å². The molecule has 8 heteroatoms. The summed E-state index contributed by atoms with van der Waals surface area (Å²) >= 11 is 0. The van der Waals surface area contributed by atoms with Crippen molar-refractivity contribution in [2.75, 3.05) is 55.8 Å². The number of fused-ring (bicyclic) bond motifs is 1. The van der Waals surface area contributed by atoms with Crippen molar-refractivity contribution in [1.29, 1.82) is 5.26 Å². The summed E-state index contributed by atoms with van der Waals surface area (Å²) in [7, 11) is 0. The van der Waals surface area contributed by atoms with Crippen LogP contribution in [0.25, 0.3) is 10.9 Å². The Morgan fingerprint density at radius 2 is 1.71 bits per heavy atom. The van der Waals surface area contributed by atoms with Crippen molar-refractivity contribution in [1.82, 2.24) is 4.98 Å². The summed E-state index contributed by atoms with van der Waals surface area (Å²) in [6.45, 7) is 9.75. The minimum absolute atomic E-state index is 0.108. The van der Waals surface area contributed by atoms with Gasteiger partial charge < -0.3 is 29.0 Å². The number of hydrogen-bond acceptors (Lipinski definition) is 6. The minimum atomic E-state index is -0.355. The quantitative estimate of drug-likeness (QED) is 0.195. The summed E-state index contributed by atoms with van der Waals surface area (Å²) in [6.07, 6.45) is 7.43. The molecule has 0 radical (unpaired) electrons. The van der Waals surface area contributed by atoms with Gasteiger partial charge in [0.1, 0.15) is 18.0 Å². The van der Waals surface area contributed by atoms with E-state index in [0.29, 0.717) is 42.2 Å². The molecule has 7 nitrogen and oxygen atoms in total. The molecule has 2 fully saturated rings. The summed E-state index contributed by atoms with van der Waals surface area (Å²) in [5.41, 5.74) is 4.59. The van der Waals surface area contributed by atoms with E-state index in [1.807, 2.05) is 6.07 Å². The Balaban J connectivity index is 1.19. The molecule has 1 N–H and O–H groups in total. The second-order valence-corrected chi connectivity index (χ2v) is 11.2. The first-order chi connectivity index (χ1) is 20.1. The highest BCUT2D eigenvalue weighted by Gasteiger charge is 2.30. The Bertz CT molecular complexity index is 1290. The number of rotatable bonds is 12. The number of nitriles is 1. The van der Waals surface area contributed by atoms with E-state index in [1.54, 1.807) is 6.20 Å². The third-order valence-electron chi connectivity index (χ3n) is 8.41. The largest absolute Gasteiger partial charge is 0.370 e. The second-order valence-electron chi connectivity index (χ2n) is 11.2. The smallest absolute Gasteiger partial charge is 0.185 e. The Morgan fingerprint density at radius 1 is 1.00 bits per heavy atom. The van der Waals surface area contributed by atoms with Crippen molar-refractivity contribution >= 4 is 22.3 Å². The number of ether oxygens (including phenoxy) is 3. The standard InChI is InChI=1S/C33H43FN4O3/c1-3-5-18-40-33(41-19-6-4-2)30-23-38(17-20-39-30)27-9-7-24(8-10-27)25-13-15-37(16-14-25)29-12-11-28(34)31-26(21-35)22-36-32(29)31/h7-12,22,25,30,33,36H,3-6,13-20,23H2,1-2H3/t30-/m0/s1. The van der Waals surface area contributed by atoms with Crippen LogP contribution in [-0.2, 0) is 14.2 Å². The average Bonchev–Trinajstić information content (AvgIpc) is 3.46. The zero-order valence-electron chi connectivity index (χ0n) is 24.4. The van der Waals surface area contributed by atoms with E-state index in [0.717, 1.165) is 70.4 Å². The zero-order valence-corrected chi connectivity index (χ0v) is 24.4. The highest BCUT2D eigenvalue weighted by atomic mass is 19.1. The van der Waals surface area contributed by atoms with Crippen LogP contribution in [0.5, 0.6) is 0 Å². The van der Waals surface area contributed by atoms with Gasteiger partial charge in [-0.2, -0.15) is 5.26 Å². The van der Waals surface area contributed by atoms with E-state index in [1.165, 1.54) is 17.3 Å². The number of aromatic nitrogens is 1. The molecule has 2 aliphatic heterocycles. The number of benzene rings is 2. The summed E-state index contributed by atoms with van der Waals surface area (Å²) < 4.78 is 32.8. The van der Waals surface area contributed by atoms with Crippen LogP contribution in [0.2, 0.25) is 0 Å². The molecule has 2 aliphatic rings.